The number of esters is 3. The lowest BCUT2D eigenvalue weighted by Gasteiger charge is -2.45. The minimum atomic E-state index is -1.13. The highest BCUT2D eigenvalue weighted by molar-refractivity contribution is 7.99. The summed E-state index contributed by atoms with van der Waals surface area (Å²) in [7, 11) is 0. The second kappa shape index (κ2) is 20.3. The smallest absolute Gasteiger partial charge is 0.407 e. The van der Waals surface area contributed by atoms with Crippen molar-refractivity contribution in [3.8, 4) is 0 Å². The van der Waals surface area contributed by atoms with Crippen LogP contribution in [0.4, 0.5) is 4.79 Å². The van der Waals surface area contributed by atoms with Crippen molar-refractivity contribution >= 4 is 41.7 Å². The van der Waals surface area contributed by atoms with Crippen LogP contribution in [-0.4, -0.2) is 124 Å². The van der Waals surface area contributed by atoms with Gasteiger partial charge < -0.3 is 48.5 Å². The Balaban J connectivity index is 2.49. The van der Waals surface area contributed by atoms with E-state index in [0.717, 1.165) is 0 Å². The molecule has 1 saturated heterocycles. The maximum atomic E-state index is 12.0. The fourth-order valence-electron chi connectivity index (χ4n) is 3.74. The predicted molar refractivity (Wildman–Crippen MR) is 153 cm³/mol. The summed E-state index contributed by atoms with van der Waals surface area (Å²) in [5.74, 6) is -1.86. The van der Waals surface area contributed by atoms with E-state index in [0.29, 0.717) is 51.9 Å². The quantitative estimate of drug-likeness (QED) is 0.123. The van der Waals surface area contributed by atoms with Crippen molar-refractivity contribution in [2.75, 3.05) is 58.5 Å². The molecule has 0 aromatic carbocycles. The molecule has 0 aromatic rings. The van der Waals surface area contributed by atoms with Gasteiger partial charge >= 0.3 is 24.0 Å². The van der Waals surface area contributed by atoms with Crippen LogP contribution in [0, 0.1) is 0 Å². The van der Waals surface area contributed by atoms with Gasteiger partial charge in [-0.3, -0.25) is 19.2 Å². The number of carbonyl (C=O) groups excluding carboxylic acids is 5. The molecule has 5 atom stereocenters. The third-order valence-corrected chi connectivity index (χ3v) is 6.37. The first-order chi connectivity index (χ1) is 20.2. The number of rotatable bonds is 18. The Kier molecular flexibility index (Phi) is 18.1. The molecule has 1 aliphatic rings. The van der Waals surface area contributed by atoms with Crippen molar-refractivity contribution < 1.29 is 61.9 Å². The molecule has 1 rings (SSSR count). The Hall–Kier alpha value is -2.66. The Morgan fingerprint density at radius 3 is 1.86 bits per heavy atom. The average molecular weight is 639 g/mol. The maximum absolute atomic E-state index is 12.0. The molecule has 0 spiro atoms. The van der Waals surface area contributed by atoms with Crippen molar-refractivity contribution in [3.05, 3.63) is 0 Å². The van der Waals surface area contributed by atoms with Gasteiger partial charge in [0.05, 0.1) is 39.6 Å². The summed E-state index contributed by atoms with van der Waals surface area (Å²) < 4.78 is 43.6. The number of hydrogen-bond donors (Lipinski definition) is 2. The van der Waals surface area contributed by atoms with Crippen LogP contribution in [0.3, 0.4) is 0 Å². The first-order valence-corrected chi connectivity index (χ1v) is 15.0. The summed E-state index contributed by atoms with van der Waals surface area (Å²) in [5.41, 5.74) is -1.31. The van der Waals surface area contributed by atoms with Gasteiger partial charge in [0.2, 0.25) is 5.91 Å². The molecule has 1 aliphatic heterocycles. The Morgan fingerprint density at radius 2 is 1.33 bits per heavy atom. The van der Waals surface area contributed by atoms with Gasteiger partial charge in [0.15, 0.2) is 12.2 Å². The third kappa shape index (κ3) is 17.9. The van der Waals surface area contributed by atoms with Gasteiger partial charge in [0.1, 0.15) is 29.8 Å². The molecule has 0 aliphatic carbocycles. The fraction of sp³-hybridized carbons (Fsp3) is 0.815. The van der Waals surface area contributed by atoms with E-state index < -0.39 is 65.3 Å². The summed E-state index contributed by atoms with van der Waals surface area (Å²) in [6.07, 6.45) is -3.68. The Labute approximate surface area is 256 Å². The molecule has 1 heterocycles. The van der Waals surface area contributed by atoms with E-state index >= 15 is 0 Å². The number of nitrogens with one attached hydrogen (secondary N) is 2. The largest absolute Gasteiger partial charge is 0.463 e. The Morgan fingerprint density at radius 1 is 0.767 bits per heavy atom. The van der Waals surface area contributed by atoms with Gasteiger partial charge in [-0.2, -0.15) is 0 Å². The lowest BCUT2D eigenvalue weighted by atomic mass is 9.97. The first kappa shape index (κ1) is 38.4. The first-order valence-electron chi connectivity index (χ1n) is 13.9. The molecule has 0 unspecified atom stereocenters. The van der Waals surface area contributed by atoms with E-state index in [1.165, 1.54) is 39.5 Å². The standard InChI is InChI=1S/C27H46N2O13S/c1-17(30)29-22-24(40-20(4)33)23(39-19(3)32)21(16-38-18(2)31)41-25(22)43-15-14-37-13-12-36-11-10-35-9-8-28-26(34)42-27(5,6)7/h21-25H,8-16H2,1-7H3,(H,28,34)(H,29,30)/t21-,22-,23+,24-,25-/m1/s1. The lowest BCUT2D eigenvalue weighted by molar-refractivity contribution is -0.211. The van der Waals surface area contributed by atoms with Crippen LogP contribution >= 0.6 is 11.8 Å². The zero-order chi connectivity index (χ0) is 32.4. The molecule has 0 aromatic heterocycles. The van der Waals surface area contributed by atoms with E-state index in [2.05, 4.69) is 10.6 Å². The molecule has 15 nitrogen and oxygen atoms in total. The van der Waals surface area contributed by atoms with E-state index in [4.69, 9.17) is 37.9 Å². The van der Waals surface area contributed by atoms with Gasteiger partial charge in [-0.05, 0) is 20.8 Å². The summed E-state index contributed by atoms with van der Waals surface area (Å²) in [4.78, 5) is 58.7. The van der Waals surface area contributed by atoms with Crippen LogP contribution in [0.5, 0.6) is 0 Å². The van der Waals surface area contributed by atoms with Crippen molar-refractivity contribution in [2.45, 2.75) is 83.9 Å². The fourth-order valence-corrected chi connectivity index (χ4v) is 4.84. The van der Waals surface area contributed by atoms with Crippen molar-refractivity contribution in [3.63, 3.8) is 0 Å². The normalized spacial score (nSPS) is 21.8. The van der Waals surface area contributed by atoms with E-state index in [9.17, 15) is 24.0 Å². The van der Waals surface area contributed by atoms with Crippen LogP contribution in [-0.2, 0) is 57.1 Å². The molecule has 1 fully saturated rings. The second-order valence-corrected chi connectivity index (χ2v) is 11.6. The van der Waals surface area contributed by atoms with Gasteiger partial charge in [-0.15, -0.1) is 11.8 Å². The highest BCUT2D eigenvalue weighted by Crippen LogP contribution is 2.32. The average Bonchev–Trinajstić information content (AvgIpc) is 2.86. The zero-order valence-electron chi connectivity index (χ0n) is 26.0. The van der Waals surface area contributed by atoms with E-state index in [1.54, 1.807) is 20.8 Å². The van der Waals surface area contributed by atoms with Crippen LogP contribution in [0.15, 0.2) is 0 Å². The van der Waals surface area contributed by atoms with E-state index in [-0.39, 0.29) is 6.61 Å². The van der Waals surface area contributed by atoms with Gasteiger partial charge in [0, 0.05) is 40.0 Å². The Bertz CT molecular complexity index is 899. The third-order valence-electron chi connectivity index (χ3n) is 5.24. The molecular weight excluding hydrogens is 592 g/mol. The molecule has 248 valence electrons. The molecule has 16 heteroatoms. The summed E-state index contributed by atoms with van der Waals surface area (Å²) in [6, 6.07) is -0.869. The number of alkyl carbamates (subject to hydrolysis) is 1. The van der Waals surface area contributed by atoms with Crippen molar-refractivity contribution in [1.29, 1.82) is 0 Å². The molecule has 0 saturated carbocycles. The SMILES string of the molecule is CC(=O)N[C@@H]1[C@@H](OC(C)=O)[C@@H](OC(C)=O)[C@@H](COC(C)=O)O[C@@H]1SCCOCCOCCOCCNC(=O)OC(C)(C)C. The summed E-state index contributed by atoms with van der Waals surface area (Å²) in [6.45, 7) is 12.3. The van der Waals surface area contributed by atoms with Crippen molar-refractivity contribution in [2.24, 2.45) is 0 Å². The highest BCUT2D eigenvalue weighted by atomic mass is 32.2. The second-order valence-electron chi connectivity index (χ2n) is 10.4. The number of ether oxygens (including phenoxy) is 8. The molecule has 0 radical (unpaired) electrons. The molecule has 2 N–H and O–H groups in total. The molecular formula is C27H46N2O13S. The topological polar surface area (TPSA) is 183 Å². The van der Waals surface area contributed by atoms with Gasteiger partial charge in [-0.1, -0.05) is 0 Å². The minimum absolute atomic E-state index is 0.257. The van der Waals surface area contributed by atoms with E-state index in [1.807, 2.05) is 0 Å². The minimum Gasteiger partial charge on any atom is -0.463 e. The van der Waals surface area contributed by atoms with Crippen LogP contribution in [0.2, 0.25) is 0 Å². The molecule has 43 heavy (non-hydrogen) atoms. The molecule has 0 bridgehead atoms. The maximum Gasteiger partial charge on any atom is 0.407 e. The zero-order valence-corrected chi connectivity index (χ0v) is 26.8. The number of hydrogen-bond acceptors (Lipinski definition) is 14. The molecule has 2 amide bonds. The highest BCUT2D eigenvalue weighted by Gasteiger charge is 2.50. The number of carbonyl (C=O) groups is 5. The monoisotopic (exact) mass is 638 g/mol. The summed E-state index contributed by atoms with van der Waals surface area (Å²) in [5, 5.41) is 5.32. The predicted octanol–water partition coefficient (Wildman–Crippen LogP) is 0.950. The van der Waals surface area contributed by atoms with Crippen LogP contribution in [0.25, 0.3) is 0 Å². The number of amides is 2. The van der Waals surface area contributed by atoms with Crippen LogP contribution < -0.4 is 10.6 Å². The summed E-state index contributed by atoms with van der Waals surface area (Å²) >= 11 is 1.29. The van der Waals surface area contributed by atoms with Crippen LogP contribution in [0.1, 0.15) is 48.5 Å². The van der Waals surface area contributed by atoms with Gasteiger partial charge in [-0.25, -0.2) is 4.79 Å². The number of thioether (sulfide) groups is 1. The van der Waals surface area contributed by atoms with Crippen molar-refractivity contribution in [1.82, 2.24) is 10.6 Å². The lowest BCUT2D eigenvalue weighted by Crippen LogP contribution is -2.65. The van der Waals surface area contributed by atoms with Gasteiger partial charge in [0.25, 0.3) is 0 Å².